The molecule has 0 spiro atoms. The highest BCUT2D eigenvalue weighted by Crippen LogP contribution is 2.19. The second kappa shape index (κ2) is 8.01. The van der Waals surface area contributed by atoms with Crippen molar-refractivity contribution in [3.63, 3.8) is 0 Å². The highest BCUT2D eigenvalue weighted by molar-refractivity contribution is 4.88. The Bertz CT molecular complexity index is 150. The van der Waals surface area contributed by atoms with Gasteiger partial charge in [0, 0.05) is 0 Å². The molecule has 2 heteroatoms. The quantitative estimate of drug-likeness (QED) is 0.467. The Hall–Kier alpha value is -0.340. The third-order valence-electron chi connectivity index (χ3n) is 2.40. The molecule has 14 heavy (non-hydrogen) atoms. The molecular formula is C12H24O2. The molecule has 84 valence electrons. The van der Waals surface area contributed by atoms with Crippen LogP contribution in [-0.2, 0) is 0 Å². The van der Waals surface area contributed by atoms with Crippen LogP contribution in [0.1, 0.15) is 52.4 Å². The molecule has 1 unspecified atom stereocenters. The van der Waals surface area contributed by atoms with Gasteiger partial charge >= 0.3 is 0 Å². The van der Waals surface area contributed by atoms with Gasteiger partial charge in [-0.2, -0.15) is 0 Å². The molecular weight excluding hydrogens is 176 g/mol. The van der Waals surface area contributed by atoms with E-state index in [0.29, 0.717) is 6.42 Å². The molecule has 2 N–H and O–H groups in total. The molecule has 0 fully saturated rings. The van der Waals surface area contributed by atoms with Gasteiger partial charge in [-0.1, -0.05) is 44.8 Å². The Morgan fingerprint density at radius 3 is 2.43 bits per heavy atom. The molecule has 1 atom stereocenters. The summed E-state index contributed by atoms with van der Waals surface area (Å²) in [5.74, 6) is 0. The lowest BCUT2D eigenvalue weighted by molar-refractivity contribution is 0.0511. The van der Waals surface area contributed by atoms with E-state index in [1.165, 1.54) is 19.3 Å². The Morgan fingerprint density at radius 1 is 1.14 bits per heavy atom. The summed E-state index contributed by atoms with van der Waals surface area (Å²) in [5, 5.41) is 18.4. The van der Waals surface area contributed by atoms with Gasteiger partial charge in [0.25, 0.3) is 0 Å². The Balaban J connectivity index is 3.55. The fourth-order valence-electron chi connectivity index (χ4n) is 1.45. The molecule has 0 aliphatic rings. The predicted molar refractivity (Wildman–Crippen MR) is 60.2 cm³/mol. The van der Waals surface area contributed by atoms with Gasteiger partial charge in [-0.05, 0) is 19.8 Å². The van der Waals surface area contributed by atoms with Gasteiger partial charge in [-0.25, -0.2) is 0 Å². The fraction of sp³-hybridized carbons (Fsp3) is 0.833. The third-order valence-corrected chi connectivity index (χ3v) is 2.40. The van der Waals surface area contributed by atoms with E-state index in [0.717, 1.165) is 12.8 Å². The van der Waals surface area contributed by atoms with Crippen molar-refractivity contribution in [2.75, 3.05) is 6.61 Å². The molecule has 0 heterocycles. The topological polar surface area (TPSA) is 40.5 Å². The zero-order valence-corrected chi connectivity index (χ0v) is 9.50. The first kappa shape index (κ1) is 13.7. The lowest BCUT2D eigenvalue weighted by Gasteiger charge is -2.21. The van der Waals surface area contributed by atoms with Crippen molar-refractivity contribution < 1.29 is 10.2 Å². The summed E-state index contributed by atoms with van der Waals surface area (Å²) in [5.41, 5.74) is -0.598. The highest BCUT2D eigenvalue weighted by Gasteiger charge is 2.17. The Morgan fingerprint density at radius 2 is 1.86 bits per heavy atom. The molecule has 0 amide bonds. The predicted octanol–water partition coefficient (Wildman–Crippen LogP) is 2.65. The zero-order chi connectivity index (χ0) is 10.9. The minimum absolute atomic E-state index is 0.0614. The first-order valence-corrected chi connectivity index (χ1v) is 5.60. The van der Waals surface area contributed by atoms with Crippen LogP contribution in [0.2, 0.25) is 0 Å². The minimum Gasteiger partial charge on any atom is -0.392 e. The standard InChI is InChI=1S/C12H24O2/c1-3-4-5-6-9-12(2,14)10-7-8-11-13/h7-8,13-14H,3-6,9-11H2,1-2H3/b8-7-. The van der Waals surface area contributed by atoms with Gasteiger partial charge in [-0.3, -0.25) is 0 Å². The third kappa shape index (κ3) is 8.27. The average molecular weight is 200 g/mol. The van der Waals surface area contributed by atoms with Crippen molar-refractivity contribution >= 4 is 0 Å². The van der Waals surface area contributed by atoms with Crippen LogP contribution >= 0.6 is 0 Å². The molecule has 0 saturated heterocycles. The monoisotopic (exact) mass is 200 g/mol. The molecule has 0 aliphatic heterocycles. The van der Waals surface area contributed by atoms with Crippen molar-refractivity contribution in [1.82, 2.24) is 0 Å². The van der Waals surface area contributed by atoms with Crippen LogP contribution in [0.5, 0.6) is 0 Å². The lowest BCUT2D eigenvalue weighted by Crippen LogP contribution is -2.22. The zero-order valence-electron chi connectivity index (χ0n) is 9.50. The van der Waals surface area contributed by atoms with Crippen molar-refractivity contribution in [2.45, 2.75) is 58.0 Å². The summed E-state index contributed by atoms with van der Waals surface area (Å²) >= 11 is 0. The van der Waals surface area contributed by atoms with E-state index in [1.807, 2.05) is 13.0 Å². The van der Waals surface area contributed by atoms with Crippen LogP contribution in [0, 0.1) is 0 Å². The maximum absolute atomic E-state index is 9.91. The first-order chi connectivity index (χ1) is 6.62. The number of aliphatic hydroxyl groups excluding tert-OH is 1. The number of hydrogen-bond acceptors (Lipinski definition) is 2. The molecule has 0 saturated carbocycles. The lowest BCUT2D eigenvalue weighted by atomic mass is 9.94. The molecule has 0 aromatic heterocycles. The van der Waals surface area contributed by atoms with Gasteiger partial charge in [0.15, 0.2) is 0 Å². The number of aliphatic hydroxyl groups is 2. The van der Waals surface area contributed by atoms with E-state index in [2.05, 4.69) is 6.92 Å². The number of unbranched alkanes of at least 4 members (excludes halogenated alkanes) is 3. The average Bonchev–Trinajstić information content (AvgIpc) is 2.13. The Kier molecular flexibility index (Phi) is 7.81. The molecule has 0 aliphatic carbocycles. The number of rotatable bonds is 8. The smallest absolute Gasteiger partial charge is 0.0654 e. The van der Waals surface area contributed by atoms with Crippen LogP contribution in [0.3, 0.4) is 0 Å². The molecule has 0 aromatic carbocycles. The molecule has 0 radical (unpaired) electrons. The van der Waals surface area contributed by atoms with Gasteiger partial charge in [0.1, 0.15) is 0 Å². The van der Waals surface area contributed by atoms with Crippen LogP contribution in [0.15, 0.2) is 12.2 Å². The largest absolute Gasteiger partial charge is 0.392 e. The SMILES string of the molecule is CCCCCCC(C)(O)C/C=C\CO. The van der Waals surface area contributed by atoms with E-state index < -0.39 is 5.60 Å². The molecule has 0 bridgehead atoms. The van der Waals surface area contributed by atoms with E-state index >= 15 is 0 Å². The van der Waals surface area contributed by atoms with Crippen molar-refractivity contribution in [1.29, 1.82) is 0 Å². The normalized spacial score (nSPS) is 16.0. The first-order valence-electron chi connectivity index (χ1n) is 5.60. The van der Waals surface area contributed by atoms with Crippen LogP contribution < -0.4 is 0 Å². The molecule has 2 nitrogen and oxygen atoms in total. The van der Waals surface area contributed by atoms with Crippen LogP contribution in [0.4, 0.5) is 0 Å². The second-order valence-electron chi connectivity index (χ2n) is 4.17. The van der Waals surface area contributed by atoms with Crippen molar-refractivity contribution in [3.05, 3.63) is 12.2 Å². The maximum atomic E-state index is 9.91. The van der Waals surface area contributed by atoms with E-state index in [-0.39, 0.29) is 6.61 Å². The van der Waals surface area contributed by atoms with E-state index in [1.54, 1.807) is 6.08 Å². The second-order valence-corrected chi connectivity index (χ2v) is 4.17. The summed E-state index contributed by atoms with van der Waals surface area (Å²) in [6.07, 6.45) is 9.79. The van der Waals surface area contributed by atoms with E-state index in [4.69, 9.17) is 5.11 Å². The van der Waals surface area contributed by atoms with Gasteiger partial charge < -0.3 is 10.2 Å². The van der Waals surface area contributed by atoms with Crippen LogP contribution in [-0.4, -0.2) is 22.4 Å². The Labute approximate surface area is 87.7 Å². The maximum Gasteiger partial charge on any atom is 0.0654 e. The summed E-state index contributed by atoms with van der Waals surface area (Å²) < 4.78 is 0. The minimum atomic E-state index is -0.598. The summed E-state index contributed by atoms with van der Waals surface area (Å²) in [6, 6.07) is 0. The van der Waals surface area contributed by atoms with E-state index in [9.17, 15) is 5.11 Å². The molecule has 0 rings (SSSR count). The van der Waals surface area contributed by atoms with Gasteiger partial charge in [0.2, 0.25) is 0 Å². The van der Waals surface area contributed by atoms with Gasteiger partial charge in [0.05, 0.1) is 12.2 Å². The fourth-order valence-corrected chi connectivity index (χ4v) is 1.45. The van der Waals surface area contributed by atoms with Crippen molar-refractivity contribution in [3.8, 4) is 0 Å². The highest BCUT2D eigenvalue weighted by atomic mass is 16.3. The summed E-state index contributed by atoms with van der Waals surface area (Å²) in [6.45, 7) is 4.11. The number of hydrogen-bond donors (Lipinski definition) is 2. The molecule has 0 aromatic rings. The summed E-state index contributed by atoms with van der Waals surface area (Å²) in [7, 11) is 0. The van der Waals surface area contributed by atoms with Crippen molar-refractivity contribution in [2.24, 2.45) is 0 Å². The van der Waals surface area contributed by atoms with Crippen LogP contribution in [0.25, 0.3) is 0 Å². The van der Waals surface area contributed by atoms with Gasteiger partial charge in [-0.15, -0.1) is 0 Å². The summed E-state index contributed by atoms with van der Waals surface area (Å²) in [4.78, 5) is 0.